The third-order valence-electron chi connectivity index (χ3n) is 4.83. The smallest absolute Gasteiger partial charge is 0.294 e. The van der Waals surface area contributed by atoms with Gasteiger partial charge in [0.1, 0.15) is 5.52 Å². The van der Waals surface area contributed by atoms with Gasteiger partial charge in [-0.15, -0.1) is 0 Å². The van der Waals surface area contributed by atoms with Crippen molar-refractivity contribution in [1.29, 1.82) is 0 Å². The van der Waals surface area contributed by atoms with Gasteiger partial charge in [-0.25, -0.2) is 9.88 Å². The quantitative estimate of drug-likeness (QED) is 0.398. The van der Waals surface area contributed by atoms with Crippen LogP contribution < -0.4 is 4.90 Å². The minimum atomic E-state index is -4.54. The van der Waals surface area contributed by atoms with Crippen LogP contribution in [0.1, 0.15) is 20.7 Å². The Labute approximate surface area is 170 Å². The summed E-state index contributed by atoms with van der Waals surface area (Å²) in [6, 6.07) is 16.8. The largest absolute Gasteiger partial charge is 0.436 e. The third-order valence-corrected chi connectivity index (χ3v) is 5.67. The molecule has 0 atom stereocenters. The van der Waals surface area contributed by atoms with Crippen LogP contribution in [0.2, 0.25) is 0 Å². The molecule has 9 heteroatoms. The van der Waals surface area contributed by atoms with E-state index < -0.39 is 26.8 Å². The number of aromatic nitrogens is 1. The summed E-state index contributed by atoms with van der Waals surface area (Å²) in [6.45, 7) is 0. The van der Waals surface area contributed by atoms with Crippen LogP contribution >= 0.6 is 0 Å². The van der Waals surface area contributed by atoms with E-state index in [1.165, 1.54) is 6.07 Å². The lowest BCUT2D eigenvalue weighted by atomic mass is 10.1. The first-order valence-electron chi connectivity index (χ1n) is 8.80. The molecule has 0 radical (unpaired) electrons. The molecule has 1 aliphatic rings. The average Bonchev–Trinajstić information content (AvgIpc) is 3.27. The fourth-order valence-corrected chi connectivity index (χ4v) is 3.94. The van der Waals surface area contributed by atoms with E-state index in [0.29, 0.717) is 11.1 Å². The lowest BCUT2D eigenvalue weighted by Crippen LogP contribution is -2.30. The van der Waals surface area contributed by atoms with E-state index in [1.54, 1.807) is 48.5 Å². The predicted molar refractivity (Wildman–Crippen MR) is 107 cm³/mol. The maximum absolute atomic E-state index is 12.9. The fraction of sp³-hybridized carbons (Fsp3) is 0. The highest BCUT2D eigenvalue weighted by atomic mass is 32.2. The number of amides is 2. The van der Waals surface area contributed by atoms with Gasteiger partial charge < -0.3 is 4.42 Å². The Hall–Kier alpha value is -3.82. The van der Waals surface area contributed by atoms with Gasteiger partial charge in [-0.05, 0) is 42.5 Å². The van der Waals surface area contributed by atoms with E-state index in [9.17, 15) is 22.6 Å². The van der Waals surface area contributed by atoms with Gasteiger partial charge in [0.15, 0.2) is 5.58 Å². The van der Waals surface area contributed by atoms with Crippen LogP contribution in [0, 0.1) is 0 Å². The van der Waals surface area contributed by atoms with Gasteiger partial charge in [0.25, 0.3) is 21.9 Å². The van der Waals surface area contributed by atoms with Crippen LogP contribution in [0.3, 0.4) is 0 Å². The molecule has 0 saturated carbocycles. The first-order valence-corrected chi connectivity index (χ1v) is 10.2. The first-order chi connectivity index (χ1) is 14.3. The monoisotopic (exact) mass is 420 g/mol. The van der Waals surface area contributed by atoms with Crippen molar-refractivity contribution in [3.8, 4) is 11.5 Å². The van der Waals surface area contributed by atoms with E-state index in [-0.39, 0.29) is 28.3 Å². The van der Waals surface area contributed by atoms with Crippen LogP contribution in [0.15, 0.2) is 76.0 Å². The van der Waals surface area contributed by atoms with Gasteiger partial charge in [-0.1, -0.05) is 24.3 Å². The zero-order valence-electron chi connectivity index (χ0n) is 15.1. The Kier molecular flexibility index (Phi) is 3.85. The number of fused-ring (bicyclic) bond motifs is 2. The van der Waals surface area contributed by atoms with E-state index in [2.05, 4.69) is 4.98 Å². The van der Waals surface area contributed by atoms with E-state index in [4.69, 9.17) is 4.42 Å². The molecular weight excluding hydrogens is 408 g/mol. The van der Waals surface area contributed by atoms with Crippen molar-refractivity contribution in [2.75, 3.05) is 4.90 Å². The molecule has 2 heterocycles. The normalized spacial score (nSPS) is 13.8. The Morgan fingerprint density at radius 1 is 0.833 bits per heavy atom. The summed E-state index contributed by atoms with van der Waals surface area (Å²) in [5.74, 6) is -1.09. The number of nitrogens with zero attached hydrogens (tertiary/aromatic N) is 2. The Bertz CT molecular complexity index is 1400. The molecule has 30 heavy (non-hydrogen) atoms. The third kappa shape index (κ3) is 2.71. The van der Waals surface area contributed by atoms with Crippen LogP contribution in [0.25, 0.3) is 22.6 Å². The molecule has 5 rings (SSSR count). The van der Waals surface area contributed by atoms with Gasteiger partial charge in [0.05, 0.1) is 27.3 Å². The van der Waals surface area contributed by atoms with Crippen molar-refractivity contribution in [3.05, 3.63) is 77.9 Å². The van der Waals surface area contributed by atoms with Gasteiger partial charge >= 0.3 is 0 Å². The summed E-state index contributed by atoms with van der Waals surface area (Å²) < 4.78 is 38.6. The molecule has 0 spiro atoms. The second-order valence-electron chi connectivity index (χ2n) is 6.63. The number of rotatable bonds is 3. The molecule has 0 saturated heterocycles. The van der Waals surface area contributed by atoms with Gasteiger partial charge in [-0.3, -0.25) is 14.1 Å². The number of benzene rings is 3. The summed E-state index contributed by atoms with van der Waals surface area (Å²) >= 11 is 0. The van der Waals surface area contributed by atoms with Crippen molar-refractivity contribution in [2.45, 2.75) is 4.90 Å². The second kappa shape index (κ2) is 6.34. The number of hydrogen-bond donors (Lipinski definition) is 1. The van der Waals surface area contributed by atoms with Crippen LogP contribution in [-0.2, 0) is 10.1 Å². The fourth-order valence-electron chi connectivity index (χ4n) is 3.44. The molecule has 4 aromatic rings. The number of carbonyl (C=O) groups excluding carboxylic acids is 2. The summed E-state index contributed by atoms with van der Waals surface area (Å²) in [7, 11) is -4.54. The number of imide groups is 1. The van der Waals surface area contributed by atoms with Crippen molar-refractivity contribution in [1.82, 2.24) is 4.98 Å². The van der Waals surface area contributed by atoms with Crippen LogP contribution in [0.5, 0.6) is 0 Å². The first kappa shape index (κ1) is 18.2. The lowest BCUT2D eigenvalue weighted by Gasteiger charge is -2.17. The number of carbonyl (C=O) groups is 2. The SMILES string of the molecule is O=C1c2ccccc2C(=O)N1c1ccc(S(=O)(=O)O)cc1-c1nc2ccccc2o1. The molecule has 3 aromatic carbocycles. The molecule has 1 aliphatic heterocycles. The molecule has 1 N–H and O–H groups in total. The van der Waals surface area contributed by atoms with Crippen molar-refractivity contribution in [2.24, 2.45) is 0 Å². The zero-order chi connectivity index (χ0) is 21.0. The summed E-state index contributed by atoms with van der Waals surface area (Å²) in [5.41, 5.74) is 1.61. The van der Waals surface area contributed by atoms with Gasteiger partial charge in [0.2, 0.25) is 5.89 Å². The summed E-state index contributed by atoms with van der Waals surface area (Å²) in [4.78, 5) is 30.7. The standard InChI is InChI=1S/C21H12N2O6S/c24-20-13-5-1-2-6-14(13)21(25)23(20)17-10-9-12(30(26,27)28)11-15(17)19-22-16-7-3-4-8-18(16)29-19/h1-11H,(H,26,27,28). The second-order valence-corrected chi connectivity index (χ2v) is 8.05. The molecule has 0 fully saturated rings. The van der Waals surface area contributed by atoms with Crippen molar-refractivity contribution >= 4 is 38.7 Å². The minimum Gasteiger partial charge on any atom is -0.436 e. The van der Waals surface area contributed by atoms with Crippen LogP contribution in [-0.4, -0.2) is 29.8 Å². The molecule has 1 aromatic heterocycles. The molecule has 8 nitrogen and oxygen atoms in total. The van der Waals surface area contributed by atoms with Gasteiger partial charge in [0, 0.05) is 0 Å². The highest BCUT2D eigenvalue weighted by molar-refractivity contribution is 7.85. The molecule has 148 valence electrons. The summed E-state index contributed by atoms with van der Waals surface area (Å²) in [5, 5.41) is 0. The number of anilines is 1. The topological polar surface area (TPSA) is 118 Å². The van der Waals surface area contributed by atoms with Gasteiger partial charge in [-0.2, -0.15) is 8.42 Å². The van der Waals surface area contributed by atoms with E-state index >= 15 is 0 Å². The Balaban J connectivity index is 1.75. The highest BCUT2D eigenvalue weighted by Gasteiger charge is 2.38. The number of oxazole rings is 1. The van der Waals surface area contributed by atoms with E-state index in [0.717, 1.165) is 17.0 Å². The molecule has 0 unspecified atom stereocenters. The maximum Gasteiger partial charge on any atom is 0.294 e. The Morgan fingerprint density at radius 3 is 2.10 bits per heavy atom. The van der Waals surface area contributed by atoms with Crippen molar-refractivity contribution in [3.63, 3.8) is 0 Å². The zero-order valence-corrected chi connectivity index (χ0v) is 16.0. The minimum absolute atomic E-state index is 0.00764. The predicted octanol–water partition coefficient (Wildman–Crippen LogP) is 3.54. The average molecular weight is 420 g/mol. The van der Waals surface area contributed by atoms with Crippen LogP contribution in [0.4, 0.5) is 5.69 Å². The Morgan fingerprint density at radius 2 is 1.47 bits per heavy atom. The van der Waals surface area contributed by atoms with E-state index in [1.807, 2.05) is 0 Å². The van der Waals surface area contributed by atoms with Crippen molar-refractivity contribution < 1.29 is 27.0 Å². The molecule has 0 aliphatic carbocycles. The molecule has 0 bridgehead atoms. The summed E-state index contributed by atoms with van der Waals surface area (Å²) in [6.07, 6.45) is 0. The number of para-hydroxylation sites is 2. The number of hydrogen-bond acceptors (Lipinski definition) is 6. The highest BCUT2D eigenvalue weighted by Crippen LogP contribution is 2.38. The molecular formula is C21H12N2O6S. The molecule has 2 amide bonds. The maximum atomic E-state index is 12.9. The lowest BCUT2D eigenvalue weighted by molar-refractivity contribution is 0.0926.